The third-order valence-corrected chi connectivity index (χ3v) is 3.90. The monoisotopic (exact) mass is 304 g/mol. The summed E-state index contributed by atoms with van der Waals surface area (Å²) in [6.45, 7) is 0. The maximum absolute atomic E-state index is 6.12. The number of hydrogen-bond donors (Lipinski definition) is 0. The molecule has 4 rings (SSSR count). The first-order valence-electron chi connectivity index (χ1n) is 7.12. The van der Waals surface area contributed by atoms with Crippen LogP contribution in [0.25, 0.3) is 28.1 Å². The van der Waals surface area contributed by atoms with Gasteiger partial charge in [0.2, 0.25) is 0 Å². The highest BCUT2D eigenvalue weighted by Gasteiger charge is 2.14. The number of halogens is 1. The summed E-state index contributed by atoms with van der Waals surface area (Å²) in [6, 6.07) is 26.3. The van der Waals surface area contributed by atoms with Crippen molar-refractivity contribution in [3.63, 3.8) is 0 Å². The second-order valence-corrected chi connectivity index (χ2v) is 5.54. The van der Waals surface area contributed by atoms with E-state index in [0.29, 0.717) is 5.02 Å². The van der Waals surface area contributed by atoms with Crippen LogP contribution in [0.5, 0.6) is 0 Å². The maximum atomic E-state index is 6.12. The van der Waals surface area contributed by atoms with Crippen LogP contribution in [0.15, 0.2) is 78.9 Å². The van der Waals surface area contributed by atoms with E-state index < -0.39 is 0 Å². The zero-order valence-corrected chi connectivity index (χ0v) is 12.5. The van der Waals surface area contributed by atoms with Crippen molar-refractivity contribution in [3.8, 4) is 17.1 Å². The third kappa shape index (κ3) is 2.18. The van der Waals surface area contributed by atoms with Crippen LogP contribution >= 0.6 is 11.6 Å². The Balaban J connectivity index is 2.07. The van der Waals surface area contributed by atoms with Crippen molar-refractivity contribution in [1.82, 2.24) is 9.55 Å². The van der Waals surface area contributed by atoms with Crippen LogP contribution < -0.4 is 0 Å². The lowest BCUT2D eigenvalue weighted by molar-refractivity contribution is 1.10. The highest BCUT2D eigenvalue weighted by atomic mass is 35.5. The molecule has 0 radical (unpaired) electrons. The number of fused-ring (bicyclic) bond motifs is 1. The van der Waals surface area contributed by atoms with E-state index in [4.69, 9.17) is 16.6 Å². The molecule has 22 heavy (non-hydrogen) atoms. The number of benzene rings is 3. The predicted octanol–water partition coefficient (Wildman–Crippen LogP) is 5.35. The molecule has 0 aliphatic carbocycles. The molecule has 4 aromatic rings. The van der Waals surface area contributed by atoms with Crippen molar-refractivity contribution in [1.29, 1.82) is 0 Å². The summed E-state index contributed by atoms with van der Waals surface area (Å²) >= 11 is 6.12. The molecule has 1 heterocycles. The first kappa shape index (κ1) is 13.1. The Hall–Kier alpha value is -2.58. The number of nitrogens with zero attached hydrogens (tertiary/aromatic N) is 2. The molecular weight excluding hydrogens is 292 g/mol. The first-order valence-corrected chi connectivity index (χ1v) is 7.49. The molecule has 0 N–H and O–H groups in total. The van der Waals surface area contributed by atoms with E-state index in [2.05, 4.69) is 28.8 Å². The number of aromatic nitrogens is 2. The summed E-state index contributed by atoms with van der Waals surface area (Å²) in [5.41, 5.74) is 4.12. The summed E-state index contributed by atoms with van der Waals surface area (Å²) in [4.78, 5) is 4.80. The summed E-state index contributed by atoms with van der Waals surface area (Å²) in [6.07, 6.45) is 0. The average molecular weight is 305 g/mol. The van der Waals surface area contributed by atoms with Crippen LogP contribution in [0, 0.1) is 0 Å². The van der Waals surface area contributed by atoms with E-state index in [1.54, 1.807) is 0 Å². The molecule has 2 nitrogen and oxygen atoms in total. The predicted molar refractivity (Wildman–Crippen MR) is 91.5 cm³/mol. The van der Waals surface area contributed by atoms with Crippen molar-refractivity contribution in [2.24, 2.45) is 0 Å². The fourth-order valence-electron chi connectivity index (χ4n) is 2.67. The van der Waals surface area contributed by atoms with Gasteiger partial charge in [-0.05, 0) is 30.3 Å². The van der Waals surface area contributed by atoms with Crippen LogP contribution in [0.2, 0.25) is 5.02 Å². The molecule has 0 aliphatic heterocycles. The van der Waals surface area contributed by atoms with Crippen LogP contribution in [-0.4, -0.2) is 9.55 Å². The maximum Gasteiger partial charge on any atom is 0.145 e. The van der Waals surface area contributed by atoms with E-state index in [-0.39, 0.29) is 0 Å². The quantitative estimate of drug-likeness (QED) is 0.488. The first-order chi connectivity index (χ1) is 10.8. The van der Waals surface area contributed by atoms with Gasteiger partial charge in [0.25, 0.3) is 0 Å². The standard InChI is InChI=1S/C19H13ClN2/c20-15-11-12-18-17(13-15)21-19(14-7-3-1-4-8-14)22(18)16-9-5-2-6-10-16/h1-13H. The Morgan fingerprint density at radius 1 is 0.773 bits per heavy atom. The highest BCUT2D eigenvalue weighted by molar-refractivity contribution is 6.31. The Labute approximate surface area is 133 Å². The zero-order valence-electron chi connectivity index (χ0n) is 11.8. The molecule has 0 spiro atoms. The molecule has 0 amide bonds. The molecule has 3 heteroatoms. The van der Waals surface area contributed by atoms with Crippen molar-refractivity contribution in [3.05, 3.63) is 83.9 Å². The van der Waals surface area contributed by atoms with Crippen molar-refractivity contribution in [2.75, 3.05) is 0 Å². The van der Waals surface area contributed by atoms with E-state index >= 15 is 0 Å². The summed E-state index contributed by atoms with van der Waals surface area (Å²) < 4.78 is 2.17. The summed E-state index contributed by atoms with van der Waals surface area (Å²) in [5.74, 6) is 0.920. The molecule has 106 valence electrons. The fraction of sp³-hybridized carbons (Fsp3) is 0. The Morgan fingerprint density at radius 2 is 1.45 bits per heavy atom. The Bertz CT molecular complexity index is 928. The summed E-state index contributed by atoms with van der Waals surface area (Å²) in [7, 11) is 0. The lowest BCUT2D eigenvalue weighted by Crippen LogP contribution is -1.96. The molecule has 0 saturated heterocycles. The van der Waals surface area contributed by atoms with Gasteiger partial charge in [0, 0.05) is 16.3 Å². The normalized spacial score (nSPS) is 11.0. The SMILES string of the molecule is Clc1ccc2c(c1)nc(-c1ccccc1)n2-c1ccccc1. The zero-order chi connectivity index (χ0) is 14.9. The van der Waals surface area contributed by atoms with Gasteiger partial charge in [-0.2, -0.15) is 0 Å². The minimum absolute atomic E-state index is 0.699. The largest absolute Gasteiger partial charge is 0.292 e. The van der Waals surface area contributed by atoms with Gasteiger partial charge in [-0.1, -0.05) is 60.1 Å². The van der Waals surface area contributed by atoms with Crippen LogP contribution in [-0.2, 0) is 0 Å². The molecule has 0 saturated carbocycles. The summed E-state index contributed by atoms with van der Waals surface area (Å²) in [5, 5.41) is 0.699. The molecule has 1 aromatic heterocycles. The van der Waals surface area contributed by atoms with Crippen molar-refractivity contribution < 1.29 is 0 Å². The fourth-order valence-corrected chi connectivity index (χ4v) is 2.84. The van der Waals surface area contributed by atoms with Gasteiger partial charge in [-0.15, -0.1) is 0 Å². The molecular formula is C19H13ClN2. The molecule has 0 aliphatic rings. The molecule has 0 fully saturated rings. The van der Waals surface area contributed by atoms with Gasteiger partial charge in [0.05, 0.1) is 11.0 Å². The van der Waals surface area contributed by atoms with E-state index in [1.165, 1.54) is 0 Å². The second-order valence-electron chi connectivity index (χ2n) is 5.11. The van der Waals surface area contributed by atoms with Gasteiger partial charge < -0.3 is 0 Å². The lowest BCUT2D eigenvalue weighted by atomic mass is 10.2. The Kier molecular flexibility index (Phi) is 3.17. The highest BCUT2D eigenvalue weighted by Crippen LogP contribution is 2.29. The molecule has 3 aromatic carbocycles. The number of imidazole rings is 1. The van der Waals surface area contributed by atoms with E-state index in [1.807, 2.05) is 54.6 Å². The average Bonchev–Trinajstić information content (AvgIpc) is 2.95. The van der Waals surface area contributed by atoms with Crippen LogP contribution in [0.4, 0.5) is 0 Å². The number of rotatable bonds is 2. The van der Waals surface area contributed by atoms with Gasteiger partial charge >= 0.3 is 0 Å². The molecule has 0 unspecified atom stereocenters. The van der Waals surface area contributed by atoms with Gasteiger partial charge in [0.15, 0.2) is 0 Å². The topological polar surface area (TPSA) is 17.8 Å². The van der Waals surface area contributed by atoms with Gasteiger partial charge in [-0.3, -0.25) is 4.57 Å². The second kappa shape index (κ2) is 5.32. The van der Waals surface area contributed by atoms with E-state index in [9.17, 15) is 0 Å². The minimum atomic E-state index is 0.699. The van der Waals surface area contributed by atoms with Crippen molar-refractivity contribution >= 4 is 22.6 Å². The van der Waals surface area contributed by atoms with Crippen LogP contribution in [0.1, 0.15) is 0 Å². The van der Waals surface area contributed by atoms with Crippen molar-refractivity contribution in [2.45, 2.75) is 0 Å². The Morgan fingerprint density at radius 3 is 2.18 bits per heavy atom. The van der Waals surface area contributed by atoms with E-state index in [0.717, 1.165) is 28.1 Å². The lowest BCUT2D eigenvalue weighted by Gasteiger charge is -2.09. The number of para-hydroxylation sites is 1. The smallest absolute Gasteiger partial charge is 0.145 e. The molecule has 0 atom stereocenters. The molecule has 0 bridgehead atoms. The van der Waals surface area contributed by atoms with Gasteiger partial charge in [-0.25, -0.2) is 4.98 Å². The third-order valence-electron chi connectivity index (χ3n) is 3.66. The van der Waals surface area contributed by atoms with Crippen LogP contribution in [0.3, 0.4) is 0 Å². The number of hydrogen-bond acceptors (Lipinski definition) is 1. The van der Waals surface area contributed by atoms with Gasteiger partial charge in [0.1, 0.15) is 5.82 Å². The minimum Gasteiger partial charge on any atom is -0.292 e.